The van der Waals surface area contributed by atoms with Gasteiger partial charge in [-0.2, -0.15) is 17.5 Å². The van der Waals surface area contributed by atoms with Crippen molar-refractivity contribution in [3.05, 3.63) is 18.3 Å². The predicted octanol–water partition coefficient (Wildman–Crippen LogP) is 1.13. The van der Waals surface area contributed by atoms with Crippen molar-refractivity contribution in [1.29, 1.82) is 0 Å². The highest BCUT2D eigenvalue weighted by Crippen LogP contribution is 2.26. The van der Waals surface area contributed by atoms with Crippen molar-refractivity contribution in [2.75, 3.05) is 19.7 Å². The summed E-state index contributed by atoms with van der Waals surface area (Å²) in [5.41, 5.74) is 5.56. The summed E-state index contributed by atoms with van der Waals surface area (Å²) >= 11 is 0. The van der Waals surface area contributed by atoms with Crippen LogP contribution < -0.4 is 10.5 Å². The zero-order chi connectivity index (χ0) is 16.4. The Morgan fingerprint density at radius 2 is 2.14 bits per heavy atom. The number of hydrogen-bond donors (Lipinski definition) is 1. The lowest BCUT2D eigenvalue weighted by atomic mass is 10.2. The number of halogens is 3. The zero-order valence-corrected chi connectivity index (χ0v) is 12.4. The van der Waals surface area contributed by atoms with Gasteiger partial charge in [-0.15, -0.1) is 0 Å². The predicted molar refractivity (Wildman–Crippen MR) is 71.8 cm³/mol. The molecule has 0 unspecified atom stereocenters. The van der Waals surface area contributed by atoms with E-state index in [1.165, 1.54) is 10.4 Å². The van der Waals surface area contributed by atoms with Crippen LogP contribution >= 0.6 is 0 Å². The fraction of sp³-hybridized carbons (Fsp3) is 0.583. The first-order valence-corrected chi connectivity index (χ1v) is 8.05. The van der Waals surface area contributed by atoms with E-state index in [-0.39, 0.29) is 23.4 Å². The molecule has 1 saturated heterocycles. The van der Waals surface area contributed by atoms with E-state index < -0.39 is 22.8 Å². The maximum Gasteiger partial charge on any atom is 0.422 e. The molecule has 0 saturated carbocycles. The molecule has 1 fully saturated rings. The molecule has 0 amide bonds. The van der Waals surface area contributed by atoms with E-state index in [1.807, 2.05) is 0 Å². The molecule has 1 atom stereocenters. The average Bonchev–Trinajstić information content (AvgIpc) is 2.94. The molecule has 1 aromatic rings. The van der Waals surface area contributed by atoms with E-state index in [9.17, 15) is 21.6 Å². The molecule has 2 heterocycles. The molecule has 0 bridgehead atoms. The first-order valence-electron chi connectivity index (χ1n) is 6.61. The minimum absolute atomic E-state index is 0.0905. The number of alkyl halides is 3. The lowest BCUT2D eigenvalue weighted by Gasteiger charge is -2.22. The van der Waals surface area contributed by atoms with E-state index in [4.69, 9.17) is 5.73 Å². The van der Waals surface area contributed by atoms with Crippen LogP contribution in [-0.2, 0) is 10.0 Å². The second-order valence-corrected chi connectivity index (χ2v) is 6.77. The van der Waals surface area contributed by atoms with Crippen LogP contribution in [0.4, 0.5) is 13.2 Å². The van der Waals surface area contributed by atoms with Gasteiger partial charge in [0, 0.05) is 25.2 Å². The largest absolute Gasteiger partial charge is 0.468 e. The topological polar surface area (TPSA) is 85.5 Å². The number of pyridine rings is 1. The number of sulfonamides is 1. The lowest BCUT2D eigenvalue weighted by Crippen LogP contribution is -2.39. The normalized spacial score (nSPS) is 20.3. The smallest absolute Gasteiger partial charge is 0.422 e. The summed E-state index contributed by atoms with van der Waals surface area (Å²) < 4.78 is 66.7. The number of ether oxygens (including phenoxy) is 1. The third kappa shape index (κ3) is 3.87. The maximum atomic E-state index is 12.4. The van der Waals surface area contributed by atoms with Gasteiger partial charge in [0.25, 0.3) is 0 Å². The quantitative estimate of drug-likeness (QED) is 0.869. The van der Waals surface area contributed by atoms with Crippen molar-refractivity contribution in [3.8, 4) is 5.88 Å². The minimum Gasteiger partial charge on any atom is -0.468 e. The van der Waals surface area contributed by atoms with Crippen LogP contribution in [0.15, 0.2) is 23.2 Å². The Morgan fingerprint density at radius 3 is 2.68 bits per heavy atom. The molecule has 124 valence electrons. The number of rotatable bonds is 5. The highest BCUT2D eigenvalue weighted by atomic mass is 32.2. The standard InChI is InChI=1S/C12H16F3N3O3S/c13-12(14,15)8-21-11-4-3-10(7-17-11)22(19,20)18-5-1-2-9(18)6-16/h3-4,7,9H,1-2,5-6,8,16H2/t9-/m1/s1. The summed E-state index contributed by atoms with van der Waals surface area (Å²) in [6.45, 7) is -0.885. The van der Waals surface area contributed by atoms with E-state index in [0.29, 0.717) is 13.0 Å². The Hall–Kier alpha value is -1.39. The average molecular weight is 339 g/mol. The van der Waals surface area contributed by atoms with Gasteiger partial charge >= 0.3 is 6.18 Å². The molecule has 22 heavy (non-hydrogen) atoms. The Morgan fingerprint density at radius 1 is 1.41 bits per heavy atom. The van der Waals surface area contributed by atoms with Gasteiger partial charge < -0.3 is 10.5 Å². The van der Waals surface area contributed by atoms with Gasteiger partial charge in [-0.05, 0) is 18.9 Å². The molecule has 1 aliphatic rings. The number of aromatic nitrogens is 1. The summed E-state index contributed by atoms with van der Waals surface area (Å²) in [4.78, 5) is 3.52. The van der Waals surface area contributed by atoms with Crippen molar-refractivity contribution < 1.29 is 26.3 Å². The monoisotopic (exact) mass is 339 g/mol. The molecule has 2 N–H and O–H groups in total. The summed E-state index contributed by atoms with van der Waals surface area (Å²) in [5.74, 6) is -0.284. The Labute approximate surface area is 126 Å². The van der Waals surface area contributed by atoms with Gasteiger partial charge in [-0.1, -0.05) is 0 Å². The number of nitrogens with two attached hydrogens (primary N) is 1. The van der Waals surface area contributed by atoms with Crippen molar-refractivity contribution >= 4 is 10.0 Å². The van der Waals surface area contributed by atoms with Crippen molar-refractivity contribution in [1.82, 2.24) is 9.29 Å². The van der Waals surface area contributed by atoms with E-state index in [0.717, 1.165) is 18.7 Å². The van der Waals surface area contributed by atoms with Gasteiger partial charge in [0.15, 0.2) is 6.61 Å². The fourth-order valence-electron chi connectivity index (χ4n) is 2.26. The Kier molecular flexibility index (Phi) is 4.93. The van der Waals surface area contributed by atoms with E-state index in [1.54, 1.807) is 0 Å². The summed E-state index contributed by atoms with van der Waals surface area (Å²) in [5, 5.41) is 0. The minimum atomic E-state index is -4.48. The first-order chi connectivity index (χ1) is 10.2. The SMILES string of the molecule is NC[C@H]1CCCN1S(=O)(=O)c1ccc(OCC(F)(F)F)nc1. The molecule has 0 radical (unpaired) electrons. The van der Waals surface area contributed by atoms with Crippen LogP contribution in [0.1, 0.15) is 12.8 Å². The van der Waals surface area contributed by atoms with Crippen molar-refractivity contribution in [2.45, 2.75) is 30.0 Å². The highest BCUT2D eigenvalue weighted by Gasteiger charge is 2.34. The van der Waals surface area contributed by atoms with Crippen LogP contribution in [0.3, 0.4) is 0 Å². The zero-order valence-electron chi connectivity index (χ0n) is 11.6. The summed E-state index contributed by atoms with van der Waals surface area (Å²) in [6.07, 6.45) is -2.07. The van der Waals surface area contributed by atoms with Crippen molar-refractivity contribution in [2.24, 2.45) is 5.73 Å². The van der Waals surface area contributed by atoms with Gasteiger partial charge in [-0.25, -0.2) is 13.4 Å². The summed E-state index contributed by atoms with van der Waals surface area (Å²) in [6, 6.07) is 2.03. The molecule has 1 aliphatic heterocycles. The van der Waals surface area contributed by atoms with Crippen LogP contribution in [0.5, 0.6) is 5.88 Å². The van der Waals surface area contributed by atoms with Crippen molar-refractivity contribution in [3.63, 3.8) is 0 Å². The van der Waals surface area contributed by atoms with Gasteiger partial charge in [0.2, 0.25) is 15.9 Å². The molecular weight excluding hydrogens is 323 g/mol. The molecule has 2 rings (SSSR count). The fourth-order valence-corrected chi connectivity index (χ4v) is 3.91. The molecule has 10 heteroatoms. The number of nitrogens with zero attached hydrogens (tertiary/aromatic N) is 2. The third-order valence-electron chi connectivity index (χ3n) is 3.29. The first kappa shape index (κ1) is 17.0. The molecule has 0 aromatic carbocycles. The van der Waals surface area contributed by atoms with Gasteiger partial charge in [0.05, 0.1) is 6.20 Å². The second kappa shape index (κ2) is 6.39. The number of hydrogen-bond acceptors (Lipinski definition) is 5. The second-order valence-electron chi connectivity index (χ2n) is 4.88. The van der Waals surface area contributed by atoms with Gasteiger partial charge in [-0.3, -0.25) is 0 Å². The summed E-state index contributed by atoms with van der Waals surface area (Å²) in [7, 11) is -3.75. The maximum absolute atomic E-state index is 12.4. The lowest BCUT2D eigenvalue weighted by molar-refractivity contribution is -0.154. The third-order valence-corrected chi connectivity index (χ3v) is 5.23. The highest BCUT2D eigenvalue weighted by molar-refractivity contribution is 7.89. The van der Waals surface area contributed by atoms with Crippen LogP contribution in [0.2, 0.25) is 0 Å². The van der Waals surface area contributed by atoms with Crippen LogP contribution in [0.25, 0.3) is 0 Å². The Bertz CT molecular complexity index is 604. The van der Waals surface area contributed by atoms with E-state index in [2.05, 4.69) is 9.72 Å². The van der Waals surface area contributed by atoms with Crippen LogP contribution in [-0.4, -0.2) is 49.6 Å². The van der Waals surface area contributed by atoms with Gasteiger partial charge in [0.1, 0.15) is 4.90 Å². The molecular formula is C12H16F3N3O3S. The van der Waals surface area contributed by atoms with Crippen LogP contribution in [0, 0.1) is 0 Å². The molecule has 6 nitrogen and oxygen atoms in total. The Balaban J connectivity index is 2.12. The molecule has 0 spiro atoms. The molecule has 0 aliphatic carbocycles. The molecule has 1 aromatic heterocycles. The van der Waals surface area contributed by atoms with E-state index >= 15 is 0 Å².